The first-order chi connectivity index (χ1) is 9.13. The van der Waals surface area contributed by atoms with Gasteiger partial charge in [-0.1, -0.05) is 42.6 Å². The Morgan fingerprint density at radius 3 is 2.84 bits per heavy atom. The molecule has 102 valence electrons. The van der Waals surface area contributed by atoms with Gasteiger partial charge in [0.05, 0.1) is 21.4 Å². The van der Waals surface area contributed by atoms with E-state index >= 15 is 0 Å². The minimum atomic E-state index is 0.542. The molecule has 0 saturated carbocycles. The van der Waals surface area contributed by atoms with E-state index in [0.29, 0.717) is 10.0 Å². The Morgan fingerprint density at radius 2 is 2.11 bits per heavy atom. The summed E-state index contributed by atoms with van der Waals surface area (Å²) in [6.07, 6.45) is 4.20. The number of nitrogens with one attached hydrogen (secondary N) is 1. The number of nitrogens with zero attached hydrogens (tertiary/aromatic N) is 2. The first-order valence-electron chi connectivity index (χ1n) is 6.37. The molecule has 0 aliphatic heterocycles. The van der Waals surface area contributed by atoms with E-state index in [9.17, 15) is 0 Å². The van der Waals surface area contributed by atoms with Crippen molar-refractivity contribution in [1.29, 1.82) is 0 Å². The second kappa shape index (κ2) is 6.31. The second-order valence-corrected chi connectivity index (χ2v) is 5.21. The zero-order valence-corrected chi connectivity index (χ0v) is 12.6. The van der Waals surface area contributed by atoms with Gasteiger partial charge in [-0.25, -0.2) is 4.98 Å². The van der Waals surface area contributed by atoms with E-state index in [2.05, 4.69) is 17.2 Å². The van der Waals surface area contributed by atoms with Crippen LogP contribution in [0.4, 0.5) is 5.95 Å². The van der Waals surface area contributed by atoms with Crippen LogP contribution < -0.4 is 5.32 Å². The summed E-state index contributed by atoms with van der Waals surface area (Å²) in [5, 5.41) is 4.42. The summed E-state index contributed by atoms with van der Waals surface area (Å²) in [5.41, 5.74) is 1.78. The van der Waals surface area contributed by atoms with Crippen LogP contribution in [0, 0.1) is 6.92 Å². The Bertz CT molecular complexity index is 564. The lowest BCUT2D eigenvalue weighted by Gasteiger charge is -2.11. The number of rotatable bonds is 5. The summed E-state index contributed by atoms with van der Waals surface area (Å²) in [6.45, 7) is 5.01. The highest BCUT2D eigenvalue weighted by Crippen LogP contribution is 2.30. The second-order valence-electron chi connectivity index (χ2n) is 4.43. The maximum absolute atomic E-state index is 6.26. The van der Waals surface area contributed by atoms with Crippen LogP contribution in [0.5, 0.6) is 0 Å². The first kappa shape index (κ1) is 14.2. The minimum absolute atomic E-state index is 0.542. The van der Waals surface area contributed by atoms with Gasteiger partial charge in [0.15, 0.2) is 0 Å². The Labute approximate surface area is 123 Å². The molecular weight excluding hydrogens is 281 g/mol. The lowest BCUT2D eigenvalue weighted by atomic mass is 10.3. The van der Waals surface area contributed by atoms with E-state index in [1.54, 1.807) is 6.07 Å². The van der Waals surface area contributed by atoms with Gasteiger partial charge < -0.3 is 5.32 Å². The predicted molar refractivity (Wildman–Crippen MR) is 81.7 cm³/mol. The van der Waals surface area contributed by atoms with Crippen molar-refractivity contribution in [2.75, 3.05) is 11.9 Å². The van der Waals surface area contributed by atoms with Crippen LogP contribution in [0.3, 0.4) is 0 Å². The fourth-order valence-electron chi connectivity index (χ4n) is 1.86. The summed E-state index contributed by atoms with van der Waals surface area (Å²) < 4.78 is 1.94. The van der Waals surface area contributed by atoms with Gasteiger partial charge in [-0.05, 0) is 25.5 Å². The molecule has 19 heavy (non-hydrogen) atoms. The summed E-state index contributed by atoms with van der Waals surface area (Å²) in [6, 6.07) is 5.59. The zero-order chi connectivity index (χ0) is 13.8. The molecule has 0 fully saturated rings. The molecule has 1 heterocycles. The van der Waals surface area contributed by atoms with E-state index in [-0.39, 0.29) is 0 Å². The van der Waals surface area contributed by atoms with Crippen LogP contribution in [0.1, 0.15) is 25.5 Å². The molecule has 2 rings (SSSR count). The summed E-state index contributed by atoms with van der Waals surface area (Å²) in [5.74, 6) is 0.801. The Balaban J connectivity index is 2.35. The quantitative estimate of drug-likeness (QED) is 0.811. The van der Waals surface area contributed by atoms with Gasteiger partial charge in [0.1, 0.15) is 0 Å². The van der Waals surface area contributed by atoms with Gasteiger partial charge in [0.25, 0.3) is 0 Å². The SMILES string of the molecule is CCCCNc1nc(C)cn1-c1cccc(Cl)c1Cl. The number of unbranched alkanes of at least 4 members (excludes halogenated alkanes) is 1. The summed E-state index contributed by atoms with van der Waals surface area (Å²) in [4.78, 5) is 4.48. The van der Waals surface area contributed by atoms with Crippen LogP contribution in [-0.2, 0) is 0 Å². The monoisotopic (exact) mass is 297 g/mol. The molecule has 1 aromatic carbocycles. The Morgan fingerprint density at radius 1 is 1.32 bits per heavy atom. The van der Waals surface area contributed by atoms with E-state index in [1.807, 2.05) is 29.8 Å². The fourth-order valence-corrected chi connectivity index (χ4v) is 2.25. The zero-order valence-electron chi connectivity index (χ0n) is 11.1. The van der Waals surface area contributed by atoms with Gasteiger partial charge in [-0.3, -0.25) is 4.57 Å². The van der Waals surface area contributed by atoms with E-state index in [4.69, 9.17) is 23.2 Å². The van der Waals surface area contributed by atoms with E-state index in [0.717, 1.165) is 36.7 Å². The summed E-state index contributed by atoms with van der Waals surface area (Å²) in [7, 11) is 0. The normalized spacial score (nSPS) is 10.7. The number of hydrogen-bond donors (Lipinski definition) is 1. The molecular formula is C14H17Cl2N3. The number of benzene rings is 1. The van der Waals surface area contributed by atoms with Crippen LogP contribution in [-0.4, -0.2) is 16.1 Å². The molecule has 0 aliphatic carbocycles. The maximum Gasteiger partial charge on any atom is 0.207 e. The highest BCUT2D eigenvalue weighted by molar-refractivity contribution is 6.43. The molecule has 0 spiro atoms. The third-order valence-electron chi connectivity index (χ3n) is 2.83. The smallest absolute Gasteiger partial charge is 0.207 e. The van der Waals surface area contributed by atoms with Crippen molar-refractivity contribution in [3.05, 3.63) is 40.1 Å². The van der Waals surface area contributed by atoms with Crippen LogP contribution >= 0.6 is 23.2 Å². The van der Waals surface area contributed by atoms with Crippen LogP contribution in [0.15, 0.2) is 24.4 Å². The molecule has 1 aromatic heterocycles. The molecule has 0 amide bonds. The molecule has 0 bridgehead atoms. The third-order valence-corrected chi connectivity index (χ3v) is 3.64. The van der Waals surface area contributed by atoms with E-state index < -0.39 is 0 Å². The number of anilines is 1. The fraction of sp³-hybridized carbons (Fsp3) is 0.357. The highest BCUT2D eigenvalue weighted by atomic mass is 35.5. The van der Waals surface area contributed by atoms with Crippen molar-refractivity contribution in [1.82, 2.24) is 9.55 Å². The molecule has 3 nitrogen and oxygen atoms in total. The van der Waals surface area contributed by atoms with Gasteiger partial charge in [0, 0.05) is 12.7 Å². The highest BCUT2D eigenvalue weighted by Gasteiger charge is 2.11. The largest absolute Gasteiger partial charge is 0.355 e. The van der Waals surface area contributed by atoms with Crippen molar-refractivity contribution >= 4 is 29.2 Å². The lowest BCUT2D eigenvalue weighted by Crippen LogP contribution is -2.07. The first-order valence-corrected chi connectivity index (χ1v) is 7.13. The van der Waals surface area contributed by atoms with Crippen LogP contribution in [0.25, 0.3) is 5.69 Å². The van der Waals surface area contributed by atoms with Gasteiger partial charge in [-0.15, -0.1) is 0 Å². The molecule has 0 aliphatic rings. The van der Waals surface area contributed by atoms with Crippen molar-refractivity contribution in [2.24, 2.45) is 0 Å². The molecule has 0 radical (unpaired) electrons. The molecule has 5 heteroatoms. The van der Waals surface area contributed by atoms with E-state index in [1.165, 1.54) is 0 Å². The van der Waals surface area contributed by atoms with Gasteiger partial charge >= 0.3 is 0 Å². The number of aromatic nitrogens is 2. The standard InChI is InChI=1S/C14H17Cl2N3/c1-3-4-8-17-14-18-10(2)9-19(14)12-7-5-6-11(15)13(12)16/h5-7,9H,3-4,8H2,1-2H3,(H,17,18). The molecule has 1 N–H and O–H groups in total. The Kier molecular flexibility index (Phi) is 4.72. The molecule has 2 aromatic rings. The number of aryl methyl sites for hydroxylation is 1. The molecule has 0 atom stereocenters. The topological polar surface area (TPSA) is 29.9 Å². The molecule has 0 unspecified atom stereocenters. The van der Waals surface area contributed by atoms with Crippen molar-refractivity contribution in [2.45, 2.75) is 26.7 Å². The average Bonchev–Trinajstić information content (AvgIpc) is 2.74. The molecule has 0 saturated heterocycles. The number of hydrogen-bond acceptors (Lipinski definition) is 2. The van der Waals surface area contributed by atoms with Crippen LogP contribution in [0.2, 0.25) is 10.0 Å². The third kappa shape index (κ3) is 3.23. The number of halogens is 2. The summed E-state index contributed by atoms with van der Waals surface area (Å²) >= 11 is 12.3. The lowest BCUT2D eigenvalue weighted by molar-refractivity contribution is 0.823. The van der Waals surface area contributed by atoms with Gasteiger partial charge in [-0.2, -0.15) is 0 Å². The number of imidazole rings is 1. The predicted octanol–water partition coefficient (Wildman–Crippen LogP) is 4.70. The van der Waals surface area contributed by atoms with Crippen molar-refractivity contribution < 1.29 is 0 Å². The van der Waals surface area contributed by atoms with Crippen molar-refractivity contribution in [3.8, 4) is 5.69 Å². The van der Waals surface area contributed by atoms with Crippen molar-refractivity contribution in [3.63, 3.8) is 0 Å². The minimum Gasteiger partial charge on any atom is -0.355 e. The maximum atomic E-state index is 6.26. The average molecular weight is 298 g/mol. The van der Waals surface area contributed by atoms with Gasteiger partial charge in [0.2, 0.25) is 5.95 Å². The Hall–Kier alpha value is -1.19.